The molecule has 1 aliphatic heterocycles. The Kier molecular flexibility index (Phi) is 6.34. The lowest BCUT2D eigenvalue weighted by atomic mass is 9.94. The van der Waals surface area contributed by atoms with Gasteiger partial charge in [-0.05, 0) is 54.7 Å². The van der Waals surface area contributed by atoms with Crippen LogP contribution in [0.3, 0.4) is 0 Å². The summed E-state index contributed by atoms with van der Waals surface area (Å²) in [7, 11) is -3.60. The molecule has 1 fully saturated rings. The number of sulfonamides is 1. The van der Waals surface area contributed by atoms with Crippen LogP contribution in [-0.4, -0.2) is 31.8 Å². The van der Waals surface area contributed by atoms with E-state index >= 15 is 0 Å². The molecule has 28 heavy (non-hydrogen) atoms. The molecule has 150 valence electrons. The monoisotopic (exact) mass is 441 g/mol. The third-order valence-electron chi connectivity index (χ3n) is 4.68. The van der Waals surface area contributed by atoms with E-state index < -0.39 is 16.0 Å². The number of piperidine rings is 1. The fraction of sp³-hybridized carbons (Fsp3) is 0.350. The lowest BCUT2D eigenvalue weighted by molar-refractivity contribution is 0.0735. The molecule has 2 unspecified atom stereocenters. The van der Waals surface area contributed by atoms with Gasteiger partial charge in [0.15, 0.2) is 5.75 Å². The van der Waals surface area contributed by atoms with Crippen LogP contribution in [0.5, 0.6) is 5.75 Å². The number of hydrogen-bond donors (Lipinski definition) is 0. The van der Waals surface area contributed by atoms with Crippen LogP contribution in [0.4, 0.5) is 0 Å². The van der Waals surface area contributed by atoms with Crippen molar-refractivity contribution in [2.45, 2.75) is 25.2 Å². The molecule has 3 rings (SSSR count). The van der Waals surface area contributed by atoms with Crippen LogP contribution in [-0.2, 0) is 10.0 Å². The first-order valence-electron chi connectivity index (χ1n) is 8.95. The summed E-state index contributed by atoms with van der Waals surface area (Å²) in [6.45, 7) is 5.12. The smallest absolute Gasteiger partial charge is 0.343 e. The number of benzene rings is 2. The molecule has 0 aliphatic carbocycles. The fourth-order valence-corrected chi connectivity index (χ4v) is 5.45. The van der Waals surface area contributed by atoms with Crippen molar-refractivity contribution < 1.29 is 17.9 Å². The van der Waals surface area contributed by atoms with Crippen LogP contribution in [0.1, 0.15) is 30.6 Å². The maximum absolute atomic E-state index is 12.9. The molecule has 0 spiro atoms. The van der Waals surface area contributed by atoms with Crippen molar-refractivity contribution in [3.05, 3.63) is 58.1 Å². The average Bonchev–Trinajstić information content (AvgIpc) is 2.64. The van der Waals surface area contributed by atoms with Gasteiger partial charge in [-0.3, -0.25) is 0 Å². The highest BCUT2D eigenvalue weighted by Gasteiger charge is 2.31. The van der Waals surface area contributed by atoms with Crippen molar-refractivity contribution >= 4 is 39.2 Å². The Morgan fingerprint density at radius 2 is 1.64 bits per heavy atom. The standard InChI is InChI=1S/C20H21Cl2NO4S/c1-13-10-14(2)12-23(11-13)28(25,26)16-8-6-15(7-9-16)20(24)27-18-5-3-4-17(21)19(18)22/h3-9,13-14H,10-12H2,1-2H3. The van der Waals surface area contributed by atoms with Crippen LogP contribution in [0, 0.1) is 11.8 Å². The van der Waals surface area contributed by atoms with Crippen molar-refractivity contribution in [3.63, 3.8) is 0 Å². The number of ether oxygens (including phenoxy) is 1. The van der Waals surface area contributed by atoms with Gasteiger partial charge in [0, 0.05) is 13.1 Å². The predicted molar refractivity (Wildman–Crippen MR) is 110 cm³/mol. The number of carbonyl (C=O) groups excluding carboxylic acids is 1. The van der Waals surface area contributed by atoms with Crippen LogP contribution in [0.15, 0.2) is 47.4 Å². The second-order valence-electron chi connectivity index (χ2n) is 7.23. The summed E-state index contributed by atoms with van der Waals surface area (Å²) in [5.41, 5.74) is 0.218. The number of carbonyl (C=O) groups is 1. The maximum atomic E-state index is 12.9. The summed E-state index contributed by atoms with van der Waals surface area (Å²) < 4.78 is 32.6. The molecule has 8 heteroatoms. The first-order valence-corrected chi connectivity index (χ1v) is 11.1. The zero-order valence-electron chi connectivity index (χ0n) is 15.6. The molecule has 2 aromatic rings. The number of esters is 1. The third kappa shape index (κ3) is 4.51. The Morgan fingerprint density at radius 3 is 2.25 bits per heavy atom. The van der Waals surface area contributed by atoms with Crippen molar-refractivity contribution in [2.75, 3.05) is 13.1 Å². The van der Waals surface area contributed by atoms with Crippen LogP contribution in [0.25, 0.3) is 0 Å². The van der Waals surface area contributed by atoms with E-state index in [0.717, 1.165) is 6.42 Å². The highest BCUT2D eigenvalue weighted by Crippen LogP contribution is 2.32. The number of halogens is 2. The fourth-order valence-electron chi connectivity index (χ4n) is 3.44. The molecule has 0 radical (unpaired) electrons. The van der Waals surface area contributed by atoms with E-state index in [2.05, 4.69) is 13.8 Å². The topological polar surface area (TPSA) is 63.7 Å². The van der Waals surface area contributed by atoms with Gasteiger partial charge in [0.05, 0.1) is 15.5 Å². The molecule has 2 atom stereocenters. The second kappa shape index (κ2) is 8.41. The number of rotatable bonds is 4. The Hall–Kier alpha value is -1.60. The molecule has 5 nitrogen and oxygen atoms in total. The number of hydrogen-bond acceptors (Lipinski definition) is 4. The van der Waals surface area contributed by atoms with Gasteiger partial charge >= 0.3 is 5.97 Å². The summed E-state index contributed by atoms with van der Waals surface area (Å²) in [5, 5.41) is 0.420. The zero-order valence-corrected chi connectivity index (χ0v) is 17.9. The minimum atomic E-state index is -3.60. The van der Waals surface area contributed by atoms with Gasteiger partial charge in [-0.15, -0.1) is 0 Å². The van der Waals surface area contributed by atoms with Gasteiger partial charge in [0.2, 0.25) is 10.0 Å². The van der Waals surface area contributed by atoms with Crippen molar-refractivity contribution in [2.24, 2.45) is 11.8 Å². The van der Waals surface area contributed by atoms with E-state index in [1.54, 1.807) is 12.1 Å². The molecule has 1 aliphatic rings. The minimum Gasteiger partial charge on any atom is -0.421 e. The summed E-state index contributed by atoms with van der Waals surface area (Å²) >= 11 is 11.9. The molecule has 0 aromatic heterocycles. The predicted octanol–water partition coefficient (Wildman–Crippen LogP) is 4.88. The van der Waals surface area contributed by atoms with Gasteiger partial charge in [-0.2, -0.15) is 4.31 Å². The molecular formula is C20H21Cl2NO4S. The lowest BCUT2D eigenvalue weighted by Crippen LogP contribution is -2.42. The summed E-state index contributed by atoms with van der Waals surface area (Å²) in [6.07, 6.45) is 1.02. The van der Waals surface area contributed by atoms with Gasteiger partial charge in [-0.25, -0.2) is 13.2 Å². The highest BCUT2D eigenvalue weighted by atomic mass is 35.5. The minimum absolute atomic E-state index is 0.144. The van der Waals surface area contributed by atoms with Crippen LogP contribution >= 0.6 is 23.2 Å². The van der Waals surface area contributed by atoms with Crippen molar-refractivity contribution in [3.8, 4) is 5.75 Å². The Labute approximate surface area is 175 Å². The molecule has 1 saturated heterocycles. The van der Waals surface area contributed by atoms with Gasteiger partial charge in [-0.1, -0.05) is 43.1 Å². The van der Waals surface area contributed by atoms with Crippen molar-refractivity contribution in [1.82, 2.24) is 4.31 Å². The normalized spacial score (nSPS) is 20.7. The molecule has 0 saturated carbocycles. The lowest BCUT2D eigenvalue weighted by Gasteiger charge is -2.34. The van der Waals surface area contributed by atoms with Gasteiger partial charge in [0.25, 0.3) is 0 Å². The Balaban J connectivity index is 1.77. The molecule has 0 N–H and O–H groups in total. The van der Waals surface area contributed by atoms with Gasteiger partial charge < -0.3 is 4.74 Å². The number of nitrogens with zero attached hydrogens (tertiary/aromatic N) is 1. The first-order chi connectivity index (χ1) is 13.2. The SMILES string of the molecule is CC1CC(C)CN(S(=O)(=O)c2ccc(C(=O)Oc3cccc(Cl)c3Cl)cc2)C1. The maximum Gasteiger partial charge on any atom is 0.343 e. The van der Waals surface area contributed by atoms with Crippen LogP contribution < -0.4 is 4.74 Å². The molecule has 0 bridgehead atoms. The van der Waals surface area contributed by atoms with E-state index in [1.807, 2.05) is 0 Å². The molecule has 0 amide bonds. The molecule has 1 heterocycles. The van der Waals surface area contributed by atoms with E-state index in [4.69, 9.17) is 27.9 Å². The molecule has 2 aromatic carbocycles. The summed E-state index contributed by atoms with van der Waals surface area (Å²) in [6, 6.07) is 10.5. The van der Waals surface area contributed by atoms with E-state index in [9.17, 15) is 13.2 Å². The first kappa shape index (κ1) is 21.1. The van der Waals surface area contributed by atoms with E-state index in [0.29, 0.717) is 24.9 Å². The van der Waals surface area contributed by atoms with Crippen LogP contribution in [0.2, 0.25) is 10.0 Å². The largest absolute Gasteiger partial charge is 0.421 e. The second-order valence-corrected chi connectivity index (χ2v) is 9.96. The Bertz CT molecular complexity index is 966. The third-order valence-corrected chi connectivity index (χ3v) is 7.33. The Morgan fingerprint density at radius 1 is 1.04 bits per heavy atom. The quantitative estimate of drug-likeness (QED) is 0.500. The summed E-state index contributed by atoms with van der Waals surface area (Å²) in [4.78, 5) is 12.5. The van der Waals surface area contributed by atoms with Crippen molar-refractivity contribution in [1.29, 1.82) is 0 Å². The summed E-state index contributed by atoms with van der Waals surface area (Å²) in [5.74, 6) is 0.130. The zero-order chi connectivity index (χ0) is 20.5. The average molecular weight is 442 g/mol. The van der Waals surface area contributed by atoms with E-state index in [1.165, 1.54) is 34.6 Å². The highest BCUT2D eigenvalue weighted by molar-refractivity contribution is 7.89. The van der Waals surface area contributed by atoms with E-state index in [-0.39, 0.29) is 26.3 Å². The van der Waals surface area contributed by atoms with Gasteiger partial charge in [0.1, 0.15) is 5.02 Å². The molecular weight excluding hydrogens is 421 g/mol.